The number of piperazine rings is 1. The Balaban J connectivity index is 0.000000647. The predicted octanol–water partition coefficient (Wildman–Crippen LogP) is 0.843. The molecule has 130 valence electrons. The van der Waals surface area contributed by atoms with E-state index in [2.05, 4.69) is 20.5 Å². The number of anilines is 1. The first-order valence-electron chi connectivity index (χ1n) is 8.38. The summed E-state index contributed by atoms with van der Waals surface area (Å²) in [6.07, 6.45) is 0.963. The van der Waals surface area contributed by atoms with E-state index in [1.807, 2.05) is 13.0 Å². The van der Waals surface area contributed by atoms with Crippen molar-refractivity contribution in [3.8, 4) is 6.07 Å². The van der Waals surface area contributed by atoms with E-state index in [9.17, 15) is 4.79 Å². The third-order valence-electron chi connectivity index (χ3n) is 3.97. The molecule has 1 saturated heterocycles. The summed E-state index contributed by atoms with van der Waals surface area (Å²) in [5, 5.41) is 14.0. The van der Waals surface area contributed by atoms with E-state index < -0.39 is 0 Å². The summed E-state index contributed by atoms with van der Waals surface area (Å²) in [5.74, 6) is -0.331. The zero-order valence-electron chi connectivity index (χ0n) is 14.4. The minimum atomic E-state index is -0.331. The summed E-state index contributed by atoms with van der Waals surface area (Å²) in [6, 6.07) is 3.66. The van der Waals surface area contributed by atoms with Crippen LogP contribution in [0.15, 0.2) is 6.07 Å². The maximum atomic E-state index is 12.0. The number of carbonyl (C=O) groups excluding carboxylic acids is 1. The van der Waals surface area contributed by atoms with Gasteiger partial charge in [0.05, 0.1) is 18.4 Å². The van der Waals surface area contributed by atoms with E-state index >= 15 is 0 Å². The van der Waals surface area contributed by atoms with Crippen molar-refractivity contribution in [1.29, 1.82) is 5.26 Å². The Morgan fingerprint density at radius 1 is 1.38 bits per heavy atom. The second kappa shape index (κ2) is 9.21. The lowest BCUT2D eigenvalue weighted by atomic mass is 10.0. The molecule has 3 heterocycles. The Bertz CT molecular complexity index is 606. The van der Waals surface area contributed by atoms with Gasteiger partial charge < -0.3 is 20.3 Å². The minimum Gasteiger partial charge on any atom is -0.461 e. The lowest BCUT2D eigenvalue weighted by Gasteiger charge is -2.33. The predicted molar refractivity (Wildman–Crippen MR) is 92.0 cm³/mol. The molecule has 0 amide bonds. The number of fused-ring (bicyclic) bond motifs is 1. The van der Waals surface area contributed by atoms with Crippen molar-refractivity contribution in [2.45, 2.75) is 26.8 Å². The zero-order valence-corrected chi connectivity index (χ0v) is 14.4. The largest absolute Gasteiger partial charge is 0.461 e. The van der Waals surface area contributed by atoms with E-state index in [1.54, 1.807) is 6.07 Å². The molecule has 0 spiro atoms. The summed E-state index contributed by atoms with van der Waals surface area (Å²) >= 11 is 0. The standard InChI is InChI=1S/C15H22N4O2.C2H3N/c1-2-21-15(20)12-9-14(19-7-5-16-6-8-19)11-3-4-17-10-13(11)18-12;1-2-3/h9,16-17H,2-8,10H2,1H3;1H3. The van der Waals surface area contributed by atoms with Gasteiger partial charge in [-0.1, -0.05) is 0 Å². The number of rotatable bonds is 3. The number of nitrogens with zero attached hydrogens (tertiary/aromatic N) is 3. The lowest BCUT2D eigenvalue weighted by Crippen LogP contribution is -2.44. The van der Waals surface area contributed by atoms with Gasteiger partial charge in [-0.05, 0) is 31.5 Å². The van der Waals surface area contributed by atoms with Gasteiger partial charge in [-0.25, -0.2) is 9.78 Å². The highest BCUT2D eigenvalue weighted by molar-refractivity contribution is 5.89. The highest BCUT2D eigenvalue weighted by Crippen LogP contribution is 2.27. The van der Waals surface area contributed by atoms with E-state index in [0.29, 0.717) is 12.3 Å². The van der Waals surface area contributed by atoms with Gasteiger partial charge in [-0.3, -0.25) is 0 Å². The monoisotopic (exact) mass is 331 g/mol. The molecule has 1 aromatic rings. The van der Waals surface area contributed by atoms with Crippen molar-refractivity contribution in [2.24, 2.45) is 0 Å². The molecule has 2 aliphatic heterocycles. The van der Waals surface area contributed by atoms with Crippen LogP contribution in [0.1, 0.15) is 35.6 Å². The second-order valence-electron chi connectivity index (χ2n) is 5.56. The maximum Gasteiger partial charge on any atom is 0.356 e. The normalized spacial score (nSPS) is 16.3. The van der Waals surface area contributed by atoms with Crippen LogP contribution in [-0.4, -0.2) is 50.3 Å². The molecule has 7 heteroatoms. The van der Waals surface area contributed by atoms with E-state index in [4.69, 9.17) is 10.00 Å². The van der Waals surface area contributed by atoms with Gasteiger partial charge in [-0.2, -0.15) is 5.26 Å². The average Bonchev–Trinajstić information content (AvgIpc) is 2.62. The average molecular weight is 331 g/mol. The highest BCUT2D eigenvalue weighted by atomic mass is 16.5. The van der Waals surface area contributed by atoms with Crippen LogP contribution in [0.2, 0.25) is 0 Å². The molecule has 7 nitrogen and oxygen atoms in total. The molecule has 2 aliphatic rings. The van der Waals surface area contributed by atoms with Crippen LogP contribution in [-0.2, 0) is 17.7 Å². The molecule has 0 aliphatic carbocycles. The molecule has 0 bridgehead atoms. The smallest absolute Gasteiger partial charge is 0.356 e. The second-order valence-corrected chi connectivity index (χ2v) is 5.56. The third-order valence-corrected chi connectivity index (χ3v) is 3.97. The molecule has 0 radical (unpaired) electrons. The number of aromatic nitrogens is 1. The number of esters is 1. The quantitative estimate of drug-likeness (QED) is 0.793. The molecule has 1 aromatic heterocycles. The summed E-state index contributed by atoms with van der Waals surface area (Å²) in [6.45, 7) is 9.19. The number of pyridine rings is 1. The molecule has 2 N–H and O–H groups in total. The first kappa shape index (κ1) is 18.2. The molecule has 0 unspecified atom stereocenters. The van der Waals surface area contributed by atoms with E-state index in [-0.39, 0.29) is 5.97 Å². The highest BCUT2D eigenvalue weighted by Gasteiger charge is 2.23. The number of hydrogen-bond acceptors (Lipinski definition) is 7. The number of nitriles is 1. The van der Waals surface area contributed by atoms with Gasteiger partial charge in [0, 0.05) is 45.3 Å². The summed E-state index contributed by atoms with van der Waals surface area (Å²) in [5.41, 5.74) is 3.85. The zero-order chi connectivity index (χ0) is 17.4. The fourth-order valence-corrected chi connectivity index (χ4v) is 2.95. The van der Waals surface area contributed by atoms with Crippen LogP contribution in [0, 0.1) is 11.3 Å². The molecule has 1 fully saturated rings. The van der Waals surface area contributed by atoms with E-state index in [1.165, 1.54) is 12.5 Å². The van der Waals surface area contributed by atoms with Crippen molar-refractivity contribution in [3.05, 3.63) is 23.0 Å². The van der Waals surface area contributed by atoms with Crippen LogP contribution < -0.4 is 15.5 Å². The Hall–Kier alpha value is -2.17. The van der Waals surface area contributed by atoms with Crippen LogP contribution in [0.3, 0.4) is 0 Å². The van der Waals surface area contributed by atoms with Crippen molar-refractivity contribution in [2.75, 3.05) is 44.2 Å². The molecule has 24 heavy (non-hydrogen) atoms. The van der Waals surface area contributed by atoms with Crippen LogP contribution >= 0.6 is 0 Å². The molecule has 0 aromatic carbocycles. The molecular weight excluding hydrogens is 306 g/mol. The summed E-state index contributed by atoms with van der Waals surface area (Å²) in [7, 11) is 0. The first-order valence-corrected chi connectivity index (χ1v) is 8.38. The van der Waals surface area contributed by atoms with Gasteiger partial charge in [0.15, 0.2) is 5.69 Å². The van der Waals surface area contributed by atoms with Gasteiger partial charge in [0.1, 0.15) is 0 Å². The van der Waals surface area contributed by atoms with E-state index in [0.717, 1.165) is 57.1 Å². The fraction of sp³-hybridized carbons (Fsp3) is 0.588. The number of ether oxygens (including phenoxy) is 1. The van der Waals surface area contributed by atoms with Crippen molar-refractivity contribution >= 4 is 11.7 Å². The Kier molecular flexibility index (Phi) is 6.97. The molecule has 0 atom stereocenters. The lowest BCUT2D eigenvalue weighted by molar-refractivity contribution is 0.0519. The van der Waals surface area contributed by atoms with Crippen LogP contribution in [0.25, 0.3) is 0 Å². The van der Waals surface area contributed by atoms with Crippen molar-refractivity contribution in [1.82, 2.24) is 15.6 Å². The topological polar surface area (TPSA) is 90.3 Å². The Morgan fingerprint density at radius 3 is 2.75 bits per heavy atom. The minimum absolute atomic E-state index is 0.331. The Labute approximate surface area is 143 Å². The number of nitrogens with one attached hydrogen (secondary N) is 2. The van der Waals surface area contributed by atoms with Gasteiger partial charge >= 0.3 is 5.97 Å². The van der Waals surface area contributed by atoms with Crippen LogP contribution in [0.4, 0.5) is 5.69 Å². The van der Waals surface area contributed by atoms with Crippen LogP contribution in [0.5, 0.6) is 0 Å². The summed E-state index contributed by atoms with van der Waals surface area (Å²) in [4.78, 5) is 18.9. The fourth-order valence-electron chi connectivity index (χ4n) is 2.95. The first-order chi connectivity index (χ1) is 11.7. The van der Waals surface area contributed by atoms with Gasteiger partial charge in [-0.15, -0.1) is 0 Å². The van der Waals surface area contributed by atoms with Crippen molar-refractivity contribution < 1.29 is 9.53 Å². The number of hydrogen-bond donors (Lipinski definition) is 2. The number of carbonyl (C=O) groups is 1. The van der Waals surface area contributed by atoms with Gasteiger partial charge in [0.25, 0.3) is 0 Å². The Morgan fingerprint density at radius 2 is 2.08 bits per heavy atom. The SMILES string of the molecule is CC#N.CCOC(=O)c1cc(N2CCNCC2)c2c(n1)CNCC2. The van der Waals surface area contributed by atoms with Crippen molar-refractivity contribution in [3.63, 3.8) is 0 Å². The third kappa shape index (κ3) is 4.43. The maximum absolute atomic E-state index is 12.0. The molecular formula is C17H25N5O2. The molecule has 0 saturated carbocycles. The summed E-state index contributed by atoms with van der Waals surface area (Å²) < 4.78 is 5.11. The van der Waals surface area contributed by atoms with Gasteiger partial charge in [0.2, 0.25) is 0 Å². The molecule has 3 rings (SSSR count).